The third-order valence-corrected chi connectivity index (χ3v) is 0.241. The van der Waals surface area contributed by atoms with Crippen LogP contribution in [0.4, 0.5) is 4.79 Å². The van der Waals surface area contributed by atoms with Gasteiger partial charge in [-0.15, -0.1) is 4.91 Å². The summed E-state index contributed by atoms with van der Waals surface area (Å²) in [6.07, 6.45) is -1.49. The fourth-order valence-electron chi connectivity index (χ4n) is 0.0816. The van der Waals surface area contributed by atoms with Crippen molar-refractivity contribution in [2.24, 2.45) is 5.18 Å². The number of hydrogen-bond acceptors (Lipinski definition) is 4. The second kappa shape index (κ2) is 3.08. The van der Waals surface area contributed by atoms with E-state index >= 15 is 0 Å². The van der Waals surface area contributed by atoms with Crippen LogP contribution in [0.2, 0.25) is 0 Å². The molecule has 5 heteroatoms. The van der Waals surface area contributed by atoms with E-state index in [0.717, 1.165) is 0 Å². The first-order valence-electron chi connectivity index (χ1n) is 1.42. The molecule has 5 nitrogen and oxygen atoms in total. The molecule has 0 aromatic rings. The number of hydrogen-bond donors (Lipinski definition) is 1. The highest BCUT2D eigenvalue weighted by molar-refractivity contribution is 5.56. The van der Waals surface area contributed by atoms with Crippen LogP contribution in [0.15, 0.2) is 5.18 Å². The Labute approximate surface area is 38.9 Å². The molecular weight excluding hydrogens is 102 g/mol. The predicted octanol–water partition coefficient (Wildman–Crippen LogP) is 0.405. The molecule has 7 heavy (non-hydrogen) atoms. The van der Waals surface area contributed by atoms with Crippen LogP contribution in [0.25, 0.3) is 0 Å². The molecule has 0 rings (SSSR count). The number of nitroso groups, excluding NO2 is 1. The highest BCUT2D eigenvalue weighted by Crippen LogP contribution is 1.73. The van der Waals surface area contributed by atoms with Crippen LogP contribution < -0.4 is 0 Å². The molecule has 0 unspecified atom stereocenters. The summed E-state index contributed by atoms with van der Waals surface area (Å²) in [5.41, 5.74) is 0. The average molecular weight is 105 g/mol. The summed E-state index contributed by atoms with van der Waals surface area (Å²) in [7, 11) is 0. The minimum absolute atomic E-state index is 0.630. The van der Waals surface area contributed by atoms with Gasteiger partial charge in [0.2, 0.25) is 6.73 Å². The van der Waals surface area contributed by atoms with Crippen molar-refractivity contribution >= 4 is 6.16 Å². The number of carbonyl (C=O) groups is 1. The molecule has 0 saturated heterocycles. The molecule has 0 fully saturated rings. The van der Waals surface area contributed by atoms with Crippen LogP contribution in [0, 0.1) is 4.91 Å². The Balaban J connectivity index is 2.97. The van der Waals surface area contributed by atoms with Crippen molar-refractivity contribution < 1.29 is 14.6 Å². The van der Waals surface area contributed by atoms with E-state index in [4.69, 9.17) is 10.0 Å². The largest absolute Gasteiger partial charge is 0.507 e. The van der Waals surface area contributed by atoms with Crippen LogP contribution >= 0.6 is 0 Å². The van der Waals surface area contributed by atoms with Crippen LogP contribution in [0.1, 0.15) is 0 Å². The van der Waals surface area contributed by atoms with E-state index in [-0.39, 0.29) is 0 Å². The zero-order chi connectivity index (χ0) is 5.70. The van der Waals surface area contributed by atoms with Crippen LogP contribution in [-0.2, 0) is 4.74 Å². The second-order valence-corrected chi connectivity index (χ2v) is 0.668. The Morgan fingerprint density at radius 2 is 2.43 bits per heavy atom. The zero-order valence-corrected chi connectivity index (χ0v) is 3.33. The molecule has 0 aromatic carbocycles. The van der Waals surface area contributed by atoms with Crippen LogP contribution in [0.3, 0.4) is 0 Å². The molecule has 0 aromatic heterocycles. The fraction of sp³-hybridized carbons (Fsp3) is 0.500. The van der Waals surface area contributed by atoms with E-state index in [9.17, 15) is 4.79 Å². The van der Waals surface area contributed by atoms with Gasteiger partial charge >= 0.3 is 6.16 Å². The molecule has 0 spiro atoms. The normalized spacial score (nSPS) is 7.43. The molecule has 0 aliphatic rings. The van der Waals surface area contributed by atoms with E-state index < -0.39 is 12.9 Å². The molecule has 40 valence electrons. The first-order chi connectivity index (χ1) is 3.27. The van der Waals surface area contributed by atoms with Gasteiger partial charge in [0.1, 0.15) is 0 Å². The lowest BCUT2D eigenvalue weighted by molar-refractivity contribution is 0.0942. The third kappa shape index (κ3) is 4.87. The van der Waals surface area contributed by atoms with E-state index in [1.807, 2.05) is 0 Å². The maximum Gasteiger partial charge on any atom is 0.507 e. The van der Waals surface area contributed by atoms with Gasteiger partial charge in [0.15, 0.2) is 0 Å². The third-order valence-electron chi connectivity index (χ3n) is 0.241. The van der Waals surface area contributed by atoms with Crippen LogP contribution in [0.5, 0.6) is 0 Å². The Morgan fingerprint density at radius 1 is 1.86 bits per heavy atom. The molecule has 0 bridgehead atoms. The van der Waals surface area contributed by atoms with Crippen molar-refractivity contribution in [2.75, 3.05) is 6.73 Å². The Bertz CT molecular complexity index is 79.8. The van der Waals surface area contributed by atoms with Crippen molar-refractivity contribution in [2.45, 2.75) is 0 Å². The van der Waals surface area contributed by atoms with Gasteiger partial charge in [-0.05, 0) is 5.18 Å². The molecular formula is C2H3NO4. The Kier molecular flexibility index (Phi) is 2.58. The summed E-state index contributed by atoms with van der Waals surface area (Å²) in [6, 6.07) is 0. The standard InChI is InChI=1S/C2H3NO4/c4-2(5)7-1-3-6/h1H2,(H,4,5). The lowest BCUT2D eigenvalue weighted by Crippen LogP contribution is -1.98. The lowest BCUT2D eigenvalue weighted by atomic mass is 11.2. The zero-order valence-electron chi connectivity index (χ0n) is 3.33. The van der Waals surface area contributed by atoms with E-state index in [1.165, 1.54) is 0 Å². The van der Waals surface area contributed by atoms with Crippen molar-refractivity contribution in [1.82, 2.24) is 0 Å². The predicted molar refractivity (Wildman–Crippen MR) is 19.8 cm³/mol. The molecule has 0 saturated carbocycles. The quantitative estimate of drug-likeness (QED) is 0.407. The van der Waals surface area contributed by atoms with Gasteiger partial charge in [-0.2, -0.15) is 0 Å². The van der Waals surface area contributed by atoms with Gasteiger partial charge in [-0.1, -0.05) is 0 Å². The summed E-state index contributed by atoms with van der Waals surface area (Å²) in [5.74, 6) is 0. The summed E-state index contributed by atoms with van der Waals surface area (Å²) in [5, 5.41) is 9.75. The van der Waals surface area contributed by atoms with Gasteiger partial charge in [0.05, 0.1) is 0 Å². The van der Waals surface area contributed by atoms with Crippen molar-refractivity contribution in [3.63, 3.8) is 0 Å². The number of ether oxygens (including phenoxy) is 1. The molecule has 0 amide bonds. The highest BCUT2D eigenvalue weighted by atomic mass is 16.7. The maximum atomic E-state index is 9.34. The van der Waals surface area contributed by atoms with Crippen LogP contribution in [-0.4, -0.2) is 18.0 Å². The first-order valence-corrected chi connectivity index (χ1v) is 1.42. The molecule has 0 radical (unpaired) electrons. The second-order valence-electron chi connectivity index (χ2n) is 0.668. The van der Waals surface area contributed by atoms with Crippen molar-refractivity contribution in [1.29, 1.82) is 0 Å². The summed E-state index contributed by atoms with van der Waals surface area (Å²) < 4.78 is 3.63. The number of rotatable bonds is 2. The molecule has 0 heterocycles. The van der Waals surface area contributed by atoms with E-state index in [1.54, 1.807) is 0 Å². The maximum absolute atomic E-state index is 9.34. The summed E-state index contributed by atoms with van der Waals surface area (Å²) in [4.78, 5) is 18.4. The molecule has 0 aliphatic carbocycles. The summed E-state index contributed by atoms with van der Waals surface area (Å²) >= 11 is 0. The fourth-order valence-corrected chi connectivity index (χ4v) is 0.0816. The Hall–Kier alpha value is -1.13. The molecule has 0 atom stereocenters. The van der Waals surface area contributed by atoms with Gasteiger partial charge in [-0.3, -0.25) is 0 Å². The first kappa shape index (κ1) is 5.87. The number of carboxylic acid groups (broad SMARTS) is 1. The van der Waals surface area contributed by atoms with E-state index in [2.05, 4.69) is 9.91 Å². The van der Waals surface area contributed by atoms with Crippen molar-refractivity contribution in [3.05, 3.63) is 4.91 Å². The Morgan fingerprint density at radius 3 is 2.57 bits per heavy atom. The minimum atomic E-state index is -1.49. The molecule has 1 N–H and O–H groups in total. The molecule has 0 aliphatic heterocycles. The van der Waals surface area contributed by atoms with Gasteiger partial charge < -0.3 is 9.84 Å². The minimum Gasteiger partial charge on any atom is -0.450 e. The topological polar surface area (TPSA) is 76.0 Å². The van der Waals surface area contributed by atoms with Gasteiger partial charge in [0, 0.05) is 0 Å². The monoisotopic (exact) mass is 105 g/mol. The lowest BCUT2D eigenvalue weighted by Gasteiger charge is -1.85. The SMILES string of the molecule is O=NCOC(=O)O. The number of nitrogens with zero attached hydrogens (tertiary/aromatic N) is 1. The van der Waals surface area contributed by atoms with E-state index in [0.29, 0.717) is 0 Å². The average Bonchev–Trinajstić information content (AvgIpc) is 1.61. The van der Waals surface area contributed by atoms with Crippen molar-refractivity contribution in [3.8, 4) is 0 Å². The van der Waals surface area contributed by atoms with Gasteiger partial charge in [0.25, 0.3) is 0 Å². The summed E-state index contributed by atoms with van der Waals surface area (Å²) in [6.45, 7) is -0.630. The smallest absolute Gasteiger partial charge is 0.450 e. The highest BCUT2D eigenvalue weighted by Gasteiger charge is 1.90. The van der Waals surface area contributed by atoms with Gasteiger partial charge in [-0.25, -0.2) is 4.79 Å².